The Morgan fingerprint density at radius 3 is 2.50 bits per heavy atom. The highest BCUT2D eigenvalue weighted by Gasteiger charge is 2.29. The Kier molecular flexibility index (Phi) is 4.84. The predicted octanol–water partition coefficient (Wildman–Crippen LogP) is 4.26. The van der Waals surface area contributed by atoms with E-state index < -0.39 is 0 Å². The number of nitrogens with zero attached hydrogens (tertiary/aromatic N) is 2. The van der Waals surface area contributed by atoms with Crippen molar-refractivity contribution in [3.05, 3.63) is 65.5 Å². The van der Waals surface area contributed by atoms with Crippen LogP contribution in [-0.4, -0.2) is 31.4 Å². The van der Waals surface area contributed by atoms with Crippen molar-refractivity contribution < 1.29 is 9.18 Å². The summed E-state index contributed by atoms with van der Waals surface area (Å²) in [6.07, 6.45) is 3.01. The van der Waals surface area contributed by atoms with Crippen LogP contribution in [0, 0.1) is 5.82 Å². The molecular weight excluding hydrogens is 303 g/mol. The van der Waals surface area contributed by atoms with Gasteiger partial charge in [-0.15, -0.1) is 0 Å². The maximum absolute atomic E-state index is 13.2. The number of para-hydroxylation sites is 1. The molecule has 3 rings (SSSR count). The number of carbonyl (C=O) groups excluding carboxylic acids is 1. The molecule has 0 spiro atoms. The average Bonchev–Trinajstić information content (AvgIpc) is 2.62. The van der Waals surface area contributed by atoms with Gasteiger partial charge in [0, 0.05) is 26.3 Å². The van der Waals surface area contributed by atoms with Crippen LogP contribution in [0.1, 0.15) is 41.2 Å². The second-order valence-corrected chi connectivity index (χ2v) is 6.47. The molecule has 4 heteroatoms. The van der Waals surface area contributed by atoms with Crippen molar-refractivity contribution in [2.45, 2.75) is 25.3 Å². The van der Waals surface area contributed by atoms with E-state index in [1.165, 1.54) is 12.1 Å². The van der Waals surface area contributed by atoms with Crippen molar-refractivity contribution in [2.24, 2.45) is 0 Å². The fourth-order valence-corrected chi connectivity index (χ4v) is 3.41. The molecule has 1 aliphatic rings. The van der Waals surface area contributed by atoms with Gasteiger partial charge < -0.3 is 9.80 Å². The number of hydrogen-bond donors (Lipinski definition) is 0. The highest BCUT2D eigenvalue weighted by atomic mass is 19.1. The normalized spacial score (nSPS) is 17.6. The molecule has 1 saturated heterocycles. The van der Waals surface area contributed by atoms with Gasteiger partial charge in [0.25, 0.3) is 5.91 Å². The minimum atomic E-state index is -0.245. The van der Waals surface area contributed by atoms with E-state index in [0.29, 0.717) is 0 Å². The minimum absolute atomic E-state index is 0.0158. The summed E-state index contributed by atoms with van der Waals surface area (Å²) in [5.41, 5.74) is 2.65. The van der Waals surface area contributed by atoms with E-state index in [0.717, 1.165) is 42.6 Å². The zero-order valence-corrected chi connectivity index (χ0v) is 14.2. The number of amides is 1. The lowest BCUT2D eigenvalue weighted by Gasteiger charge is -2.37. The van der Waals surface area contributed by atoms with Crippen LogP contribution >= 0.6 is 0 Å². The number of hydrogen-bond acceptors (Lipinski definition) is 2. The highest BCUT2D eigenvalue weighted by Crippen LogP contribution is 2.33. The molecule has 0 saturated carbocycles. The van der Waals surface area contributed by atoms with Gasteiger partial charge in [-0.2, -0.15) is 0 Å². The fourth-order valence-electron chi connectivity index (χ4n) is 3.41. The Balaban J connectivity index is 1.93. The third kappa shape index (κ3) is 3.28. The maximum atomic E-state index is 13.2. The number of piperidine rings is 1. The van der Waals surface area contributed by atoms with Crippen LogP contribution in [0.3, 0.4) is 0 Å². The molecule has 0 bridgehead atoms. The Morgan fingerprint density at radius 1 is 1.08 bits per heavy atom. The lowest BCUT2D eigenvalue weighted by molar-refractivity contribution is 0.0612. The maximum Gasteiger partial charge on any atom is 0.256 e. The van der Waals surface area contributed by atoms with Crippen molar-refractivity contribution in [1.82, 2.24) is 4.90 Å². The first-order valence-corrected chi connectivity index (χ1v) is 8.40. The second-order valence-electron chi connectivity index (χ2n) is 6.47. The van der Waals surface area contributed by atoms with Crippen LogP contribution in [-0.2, 0) is 0 Å². The third-order valence-corrected chi connectivity index (χ3v) is 4.63. The predicted molar refractivity (Wildman–Crippen MR) is 94.8 cm³/mol. The first kappa shape index (κ1) is 16.5. The molecule has 1 amide bonds. The Labute approximate surface area is 142 Å². The Morgan fingerprint density at radius 2 is 1.79 bits per heavy atom. The van der Waals surface area contributed by atoms with Crippen molar-refractivity contribution in [1.29, 1.82) is 0 Å². The molecule has 1 heterocycles. The van der Waals surface area contributed by atoms with Crippen LogP contribution in [0.25, 0.3) is 0 Å². The Hall–Kier alpha value is -2.36. The van der Waals surface area contributed by atoms with Crippen molar-refractivity contribution >= 4 is 11.6 Å². The van der Waals surface area contributed by atoms with Gasteiger partial charge in [-0.3, -0.25) is 4.79 Å². The first-order chi connectivity index (χ1) is 11.6. The fraction of sp³-hybridized carbons (Fsp3) is 0.350. The molecule has 0 aliphatic carbocycles. The number of benzene rings is 2. The molecule has 0 aromatic heterocycles. The molecule has 1 unspecified atom stereocenters. The summed E-state index contributed by atoms with van der Waals surface area (Å²) >= 11 is 0. The average molecular weight is 326 g/mol. The van der Waals surface area contributed by atoms with Gasteiger partial charge in [-0.1, -0.05) is 24.3 Å². The third-order valence-electron chi connectivity index (χ3n) is 4.63. The largest absolute Gasteiger partial charge is 0.377 e. The summed E-state index contributed by atoms with van der Waals surface area (Å²) in [5, 5.41) is 0. The molecule has 1 aliphatic heterocycles. The van der Waals surface area contributed by atoms with Crippen molar-refractivity contribution in [3.8, 4) is 0 Å². The Bertz CT molecular complexity index is 712. The van der Waals surface area contributed by atoms with Gasteiger partial charge in [0.2, 0.25) is 0 Å². The number of halogens is 1. The summed E-state index contributed by atoms with van der Waals surface area (Å²) in [5.74, 6) is -0.196. The van der Waals surface area contributed by atoms with E-state index in [-0.39, 0.29) is 17.8 Å². The van der Waals surface area contributed by atoms with Crippen molar-refractivity contribution in [3.63, 3.8) is 0 Å². The summed E-state index contributed by atoms with van der Waals surface area (Å²) in [7, 11) is 3.89. The second kappa shape index (κ2) is 7.04. The van der Waals surface area contributed by atoms with Crippen molar-refractivity contribution in [2.75, 3.05) is 25.5 Å². The molecule has 3 nitrogen and oxygen atoms in total. The molecule has 2 aromatic rings. The van der Waals surface area contributed by atoms with Gasteiger partial charge in [0.1, 0.15) is 5.82 Å². The molecular formula is C20H23FN2O. The quantitative estimate of drug-likeness (QED) is 0.841. The lowest BCUT2D eigenvalue weighted by Crippen LogP contribution is -2.39. The van der Waals surface area contributed by atoms with E-state index >= 15 is 0 Å². The standard InChI is InChI=1S/C20H23FN2O/c1-22(2)19-9-4-3-7-17(19)20(24)23-14-6-5-8-18(23)15-10-12-16(21)13-11-15/h3-4,7,9-13,18H,5-6,8,14H2,1-2H3. The van der Waals surface area contributed by atoms with Gasteiger partial charge in [-0.25, -0.2) is 4.39 Å². The highest BCUT2D eigenvalue weighted by molar-refractivity contribution is 6.00. The van der Waals surface area contributed by atoms with Gasteiger partial charge >= 0.3 is 0 Å². The summed E-state index contributed by atoms with van der Waals surface area (Å²) in [6.45, 7) is 0.739. The zero-order valence-electron chi connectivity index (χ0n) is 14.2. The SMILES string of the molecule is CN(C)c1ccccc1C(=O)N1CCCCC1c1ccc(F)cc1. The van der Waals surface area contributed by atoms with E-state index in [9.17, 15) is 9.18 Å². The monoisotopic (exact) mass is 326 g/mol. The van der Waals surface area contributed by atoms with Crippen LogP contribution in [0.5, 0.6) is 0 Å². The van der Waals surface area contributed by atoms with E-state index in [2.05, 4.69) is 0 Å². The first-order valence-electron chi connectivity index (χ1n) is 8.40. The van der Waals surface area contributed by atoms with Crippen LogP contribution in [0.2, 0.25) is 0 Å². The number of carbonyl (C=O) groups is 1. The zero-order chi connectivity index (χ0) is 17.1. The van der Waals surface area contributed by atoms with E-state index in [1.807, 2.05) is 48.2 Å². The molecule has 2 aromatic carbocycles. The topological polar surface area (TPSA) is 23.6 Å². The van der Waals surface area contributed by atoms with Gasteiger partial charge in [0.15, 0.2) is 0 Å². The lowest BCUT2D eigenvalue weighted by atomic mass is 9.94. The summed E-state index contributed by atoms with van der Waals surface area (Å²) < 4.78 is 13.2. The molecule has 1 atom stereocenters. The molecule has 1 fully saturated rings. The summed E-state index contributed by atoms with van der Waals surface area (Å²) in [6, 6.07) is 14.2. The van der Waals surface area contributed by atoms with Gasteiger partial charge in [0.05, 0.1) is 11.6 Å². The van der Waals surface area contributed by atoms with Gasteiger partial charge in [-0.05, 0) is 49.1 Å². The van der Waals surface area contributed by atoms with Crippen LogP contribution < -0.4 is 4.90 Å². The minimum Gasteiger partial charge on any atom is -0.377 e. The van der Waals surface area contributed by atoms with E-state index in [4.69, 9.17) is 0 Å². The number of rotatable bonds is 3. The van der Waals surface area contributed by atoms with Crippen LogP contribution in [0.4, 0.5) is 10.1 Å². The molecule has 24 heavy (non-hydrogen) atoms. The molecule has 126 valence electrons. The molecule has 0 N–H and O–H groups in total. The number of anilines is 1. The van der Waals surface area contributed by atoms with E-state index in [1.54, 1.807) is 12.1 Å². The number of likely N-dealkylation sites (tertiary alicyclic amines) is 1. The smallest absolute Gasteiger partial charge is 0.256 e. The summed E-state index contributed by atoms with van der Waals surface area (Å²) in [4.78, 5) is 17.1. The molecule has 0 radical (unpaired) electrons. The van der Waals surface area contributed by atoms with Crippen LogP contribution in [0.15, 0.2) is 48.5 Å².